The Morgan fingerprint density at radius 3 is 1.28 bits per heavy atom. The van der Waals surface area contributed by atoms with E-state index in [1.54, 1.807) is 10.4 Å². The lowest BCUT2D eigenvalue weighted by atomic mass is 10.4. The largest absolute Gasteiger partial charge is 0.157 e. The van der Waals surface area contributed by atoms with Gasteiger partial charge in [0.25, 0.3) is 0 Å². The van der Waals surface area contributed by atoms with Crippen LogP contribution in [0, 0.1) is 0 Å². The van der Waals surface area contributed by atoms with Crippen molar-refractivity contribution >= 4 is 54.3 Å². The molecule has 0 atom stereocenters. The monoisotopic (exact) mass is 396 g/mol. The summed E-state index contributed by atoms with van der Waals surface area (Å²) in [5.41, 5.74) is 2.71. The van der Waals surface area contributed by atoms with Crippen LogP contribution in [-0.2, 0) is 0 Å². The van der Waals surface area contributed by atoms with Gasteiger partial charge in [-0.05, 0) is 21.7 Å². The maximum absolute atomic E-state index is 4.09. The highest BCUT2D eigenvalue weighted by Crippen LogP contribution is 2.46. The molecule has 18 heavy (non-hydrogen) atoms. The fraction of sp³-hybridized carbons (Fsp3) is 0.143. The lowest BCUT2D eigenvalue weighted by Crippen LogP contribution is -2.67. The summed E-state index contributed by atoms with van der Waals surface area (Å²) in [5.74, 6) is 0. The van der Waals surface area contributed by atoms with E-state index >= 15 is 0 Å². The first kappa shape index (κ1) is 12.8. The second-order valence-corrected chi connectivity index (χ2v) is 22.0. The van der Waals surface area contributed by atoms with E-state index < -0.39 is 13.4 Å². The number of hydrogen-bond donors (Lipinski definition) is 0. The predicted octanol–water partition coefficient (Wildman–Crippen LogP) is 3.57. The molecule has 0 nitrogen and oxygen atoms in total. The van der Waals surface area contributed by atoms with Crippen LogP contribution in [0.1, 0.15) is 0 Å². The van der Waals surface area contributed by atoms with Crippen molar-refractivity contribution in [3.63, 3.8) is 0 Å². The van der Waals surface area contributed by atoms with Gasteiger partial charge in [-0.1, -0.05) is 60.7 Å². The molecule has 1 fully saturated rings. The molecule has 0 bridgehead atoms. The zero-order chi connectivity index (χ0) is 12.6. The molecule has 2 aromatic carbocycles. The molecule has 0 saturated carbocycles. The highest BCUT2D eigenvalue weighted by molar-refractivity contribution is 9.30. The average Bonchev–Trinajstić information content (AvgIpc) is 2.39. The number of hydrogen-bond acceptors (Lipinski definition) is 0. The van der Waals surface area contributed by atoms with Crippen LogP contribution in [0.15, 0.2) is 60.7 Å². The standard InChI is InChI=1S/C14H14Br2Si2/c15-17(13-7-3-1-4-8-13)11-18(16,12-17)14-9-5-2-6-10-14/h1-10H,11-12H2. The van der Waals surface area contributed by atoms with Crippen molar-refractivity contribution in [1.29, 1.82) is 0 Å². The van der Waals surface area contributed by atoms with Gasteiger partial charge in [0, 0.05) is 0 Å². The first-order valence-corrected chi connectivity index (χ1v) is 15.5. The van der Waals surface area contributed by atoms with E-state index in [0.717, 1.165) is 0 Å². The molecular weight excluding hydrogens is 384 g/mol. The topological polar surface area (TPSA) is 0 Å². The highest BCUT2D eigenvalue weighted by atomic mass is 79.9. The van der Waals surface area contributed by atoms with Gasteiger partial charge in [0.15, 0.2) is 13.4 Å². The fourth-order valence-electron chi connectivity index (χ4n) is 2.72. The van der Waals surface area contributed by atoms with E-state index in [4.69, 9.17) is 0 Å². The molecule has 1 heterocycles. The van der Waals surface area contributed by atoms with Crippen LogP contribution in [0.3, 0.4) is 0 Å². The van der Waals surface area contributed by atoms with E-state index in [0.29, 0.717) is 0 Å². The Morgan fingerprint density at radius 1 is 0.611 bits per heavy atom. The summed E-state index contributed by atoms with van der Waals surface area (Å²) in [4.78, 5) is 0. The summed E-state index contributed by atoms with van der Waals surface area (Å²) in [6.45, 7) is -2.73. The first-order chi connectivity index (χ1) is 8.62. The van der Waals surface area contributed by atoms with E-state index in [9.17, 15) is 0 Å². The molecule has 0 spiro atoms. The summed E-state index contributed by atoms with van der Waals surface area (Å²) in [6, 6.07) is 22.0. The summed E-state index contributed by atoms with van der Waals surface area (Å²) in [6.07, 6.45) is 0. The van der Waals surface area contributed by atoms with E-state index in [-0.39, 0.29) is 0 Å². The number of halogens is 2. The van der Waals surface area contributed by atoms with Gasteiger partial charge in [0.1, 0.15) is 0 Å². The van der Waals surface area contributed by atoms with Crippen molar-refractivity contribution in [3.05, 3.63) is 60.7 Å². The normalized spacial score (nSPS) is 30.8. The minimum absolute atomic E-state index is 1.36. The second-order valence-electron chi connectivity index (χ2n) is 5.02. The Morgan fingerprint density at radius 2 is 0.944 bits per heavy atom. The molecular formula is C14H14Br2Si2. The van der Waals surface area contributed by atoms with Crippen molar-refractivity contribution in [2.24, 2.45) is 0 Å². The molecule has 0 aliphatic carbocycles. The van der Waals surface area contributed by atoms with Gasteiger partial charge in [0.2, 0.25) is 0 Å². The van der Waals surface area contributed by atoms with Crippen molar-refractivity contribution in [3.8, 4) is 0 Å². The van der Waals surface area contributed by atoms with Crippen molar-refractivity contribution in [1.82, 2.24) is 0 Å². The summed E-state index contributed by atoms with van der Waals surface area (Å²) < 4.78 is 0. The Kier molecular flexibility index (Phi) is 3.38. The van der Waals surface area contributed by atoms with Gasteiger partial charge in [-0.3, -0.25) is 0 Å². The summed E-state index contributed by atoms with van der Waals surface area (Å²) in [7, 11) is 0. The minimum Gasteiger partial charge on any atom is -0.121 e. The molecule has 0 radical (unpaired) electrons. The summed E-state index contributed by atoms with van der Waals surface area (Å²) >= 11 is 8.18. The molecule has 3 rings (SSSR count). The Hall–Kier alpha value is -0.166. The van der Waals surface area contributed by atoms with Crippen LogP contribution in [0.2, 0.25) is 11.3 Å². The average molecular weight is 398 g/mol. The molecule has 1 aliphatic rings. The van der Waals surface area contributed by atoms with E-state index in [1.807, 2.05) is 0 Å². The van der Waals surface area contributed by atoms with Crippen molar-refractivity contribution < 1.29 is 0 Å². The van der Waals surface area contributed by atoms with Crippen LogP contribution in [0.5, 0.6) is 0 Å². The molecule has 1 saturated heterocycles. The van der Waals surface area contributed by atoms with Crippen LogP contribution in [-0.4, -0.2) is 13.4 Å². The third-order valence-corrected chi connectivity index (χ3v) is 28.2. The zero-order valence-electron chi connectivity index (χ0n) is 9.94. The third-order valence-electron chi connectivity index (χ3n) is 3.70. The minimum atomic E-state index is -1.36. The third kappa shape index (κ3) is 2.20. The molecule has 2 aromatic rings. The molecule has 1 aliphatic heterocycles. The molecule has 0 unspecified atom stereocenters. The zero-order valence-corrected chi connectivity index (χ0v) is 15.1. The lowest BCUT2D eigenvalue weighted by molar-refractivity contribution is 1.52. The molecule has 4 heteroatoms. The van der Waals surface area contributed by atoms with E-state index in [1.165, 1.54) is 11.3 Å². The Bertz CT molecular complexity index is 487. The second kappa shape index (κ2) is 4.74. The SMILES string of the molecule is Br[Si]1(c2ccccc2)C[Si](Br)(c2ccccc2)C1. The van der Waals surface area contributed by atoms with Gasteiger partial charge in [-0.15, -0.1) is 30.6 Å². The van der Waals surface area contributed by atoms with Crippen LogP contribution in [0.4, 0.5) is 0 Å². The first-order valence-electron chi connectivity index (χ1n) is 6.11. The Labute approximate surface area is 126 Å². The summed E-state index contributed by atoms with van der Waals surface area (Å²) in [5, 5.41) is 3.09. The van der Waals surface area contributed by atoms with Crippen LogP contribution < -0.4 is 10.4 Å². The maximum atomic E-state index is 4.09. The van der Waals surface area contributed by atoms with Gasteiger partial charge < -0.3 is 0 Å². The van der Waals surface area contributed by atoms with Gasteiger partial charge in [-0.2, -0.15) is 0 Å². The predicted molar refractivity (Wildman–Crippen MR) is 91.1 cm³/mol. The highest BCUT2D eigenvalue weighted by Gasteiger charge is 2.57. The quantitative estimate of drug-likeness (QED) is 0.536. The Balaban J connectivity index is 1.84. The smallest absolute Gasteiger partial charge is 0.121 e. The number of benzene rings is 2. The van der Waals surface area contributed by atoms with Crippen molar-refractivity contribution in [2.75, 3.05) is 0 Å². The number of rotatable bonds is 2. The molecule has 0 N–H and O–H groups in total. The van der Waals surface area contributed by atoms with Crippen molar-refractivity contribution in [2.45, 2.75) is 11.3 Å². The molecule has 92 valence electrons. The van der Waals surface area contributed by atoms with E-state index in [2.05, 4.69) is 91.2 Å². The molecule has 0 aromatic heterocycles. The lowest BCUT2D eigenvalue weighted by Gasteiger charge is -2.47. The van der Waals surface area contributed by atoms with Gasteiger partial charge in [-0.25, -0.2) is 0 Å². The van der Waals surface area contributed by atoms with Gasteiger partial charge >= 0.3 is 0 Å². The van der Waals surface area contributed by atoms with Crippen LogP contribution >= 0.6 is 30.6 Å². The fourth-order valence-corrected chi connectivity index (χ4v) is 39.8. The maximum Gasteiger partial charge on any atom is 0.157 e. The van der Waals surface area contributed by atoms with Crippen LogP contribution in [0.25, 0.3) is 0 Å². The molecule has 0 amide bonds. The van der Waals surface area contributed by atoms with Gasteiger partial charge in [0.05, 0.1) is 0 Å².